The zero-order chi connectivity index (χ0) is 17.1. The molecule has 0 saturated heterocycles. The molecule has 0 saturated carbocycles. The van der Waals surface area contributed by atoms with E-state index < -0.39 is 0 Å². The lowest BCUT2D eigenvalue weighted by Crippen LogP contribution is -2.13. The Morgan fingerprint density at radius 2 is 1.72 bits per heavy atom. The number of aromatic nitrogens is 3. The molecule has 2 aromatic carbocycles. The standard InChI is InChI=1S/C20H16N4O/c25-20-16(9-8-15-7-4-10-23-19(15)20)18(14-5-2-1-3-6-14)24-17-13-21-11-12-22-17/h1-13,18,25H,(H,22,24). The van der Waals surface area contributed by atoms with Crippen molar-refractivity contribution in [3.8, 4) is 5.75 Å². The van der Waals surface area contributed by atoms with Crippen molar-refractivity contribution in [1.29, 1.82) is 0 Å². The van der Waals surface area contributed by atoms with Crippen LogP contribution in [0.4, 0.5) is 5.82 Å². The largest absolute Gasteiger partial charge is 0.505 e. The van der Waals surface area contributed by atoms with Crippen molar-refractivity contribution in [2.45, 2.75) is 6.04 Å². The topological polar surface area (TPSA) is 70.9 Å². The molecule has 25 heavy (non-hydrogen) atoms. The number of rotatable bonds is 4. The Morgan fingerprint density at radius 1 is 0.840 bits per heavy atom. The molecule has 1 atom stereocenters. The second kappa shape index (κ2) is 6.57. The fourth-order valence-corrected chi connectivity index (χ4v) is 2.89. The van der Waals surface area contributed by atoms with Gasteiger partial charge in [-0.1, -0.05) is 48.5 Å². The SMILES string of the molecule is Oc1c(C(Nc2cnccn2)c2ccccc2)ccc2cccnc12. The fraction of sp³-hybridized carbons (Fsp3) is 0.0500. The molecule has 0 amide bonds. The molecule has 0 fully saturated rings. The minimum atomic E-state index is -0.274. The van der Waals surface area contributed by atoms with E-state index in [4.69, 9.17) is 0 Å². The minimum absolute atomic E-state index is 0.170. The molecule has 0 aliphatic carbocycles. The maximum absolute atomic E-state index is 10.8. The van der Waals surface area contributed by atoms with Crippen LogP contribution in [-0.4, -0.2) is 20.1 Å². The molecular formula is C20H16N4O. The van der Waals surface area contributed by atoms with E-state index in [0.717, 1.165) is 16.5 Å². The first kappa shape index (κ1) is 15.1. The summed E-state index contributed by atoms with van der Waals surface area (Å²) in [5, 5.41) is 15.1. The van der Waals surface area contributed by atoms with Gasteiger partial charge in [-0.3, -0.25) is 9.97 Å². The Hall–Kier alpha value is -3.47. The number of pyridine rings is 1. The lowest BCUT2D eigenvalue weighted by Gasteiger charge is -2.21. The van der Waals surface area contributed by atoms with Crippen molar-refractivity contribution in [2.75, 3.05) is 5.32 Å². The van der Waals surface area contributed by atoms with Gasteiger partial charge in [-0.2, -0.15) is 0 Å². The van der Waals surface area contributed by atoms with Gasteiger partial charge in [0.05, 0.1) is 12.2 Å². The number of nitrogens with zero attached hydrogens (tertiary/aromatic N) is 3. The molecular weight excluding hydrogens is 312 g/mol. The zero-order valence-electron chi connectivity index (χ0n) is 13.4. The average Bonchev–Trinajstić information content (AvgIpc) is 2.69. The number of anilines is 1. The summed E-state index contributed by atoms with van der Waals surface area (Å²) in [4.78, 5) is 12.7. The van der Waals surface area contributed by atoms with Crippen LogP contribution in [0.25, 0.3) is 10.9 Å². The van der Waals surface area contributed by atoms with Gasteiger partial charge in [0.25, 0.3) is 0 Å². The second-order valence-electron chi connectivity index (χ2n) is 5.66. The molecule has 2 N–H and O–H groups in total. The van der Waals surface area contributed by atoms with Crippen molar-refractivity contribution in [3.05, 3.63) is 90.5 Å². The van der Waals surface area contributed by atoms with Gasteiger partial charge < -0.3 is 10.4 Å². The van der Waals surface area contributed by atoms with Crippen LogP contribution >= 0.6 is 0 Å². The first-order chi connectivity index (χ1) is 12.3. The highest BCUT2D eigenvalue weighted by molar-refractivity contribution is 5.85. The van der Waals surface area contributed by atoms with Crippen molar-refractivity contribution in [1.82, 2.24) is 15.0 Å². The Labute approximate surface area is 145 Å². The predicted molar refractivity (Wildman–Crippen MR) is 97.3 cm³/mol. The summed E-state index contributed by atoms with van der Waals surface area (Å²) in [5.41, 5.74) is 2.34. The number of hydrogen-bond donors (Lipinski definition) is 2. The van der Waals surface area contributed by atoms with Crippen LogP contribution in [0.2, 0.25) is 0 Å². The Morgan fingerprint density at radius 3 is 2.52 bits per heavy atom. The van der Waals surface area contributed by atoms with Gasteiger partial charge in [-0.15, -0.1) is 0 Å². The van der Waals surface area contributed by atoms with Crippen LogP contribution in [0.1, 0.15) is 17.2 Å². The molecule has 4 rings (SSSR count). The number of hydrogen-bond acceptors (Lipinski definition) is 5. The highest BCUT2D eigenvalue weighted by Gasteiger charge is 2.20. The van der Waals surface area contributed by atoms with Crippen molar-refractivity contribution < 1.29 is 5.11 Å². The third kappa shape index (κ3) is 2.99. The molecule has 5 nitrogen and oxygen atoms in total. The van der Waals surface area contributed by atoms with Crippen LogP contribution < -0.4 is 5.32 Å². The summed E-state index contributed by atoms with van der Waals surface area (Å²) in [6.07, 6.45) is 6.60. The van der Waals surface area contributed by atoms with Gasteiger partial charge in [-0.05, 0) is 11.6 Å². The highest BCUT2D eigenvalue weighted by Crippen LogP contribution is 2.35. The third-order valence-corrected chi connectivity index (χ3v) is 4.08. The van der Waals surface area contributed by atoms with Gasteiger partial charge in [0.15, 0.2) is 0 Å². The van der Waals surface area contributed by atoms with E-state index in [1.165, 1.54) is 0 Å². The molecule has 0 aliphatic rings. The molecule has 5 heteroatoms. The molecule has 2 heterocycles. The Balaban J connectivity index is 1.85. The van der Waals surface area contributed by atoms with Gasteiger partial charge in [-0.25, -0.2) is 4.98 Å². The quantitative estimate of drug-likeness (QED) is 0.594. The van der Waals surface area contributed by atoms with Crippen molar-refractivity contribution >= 4 is 16.7 Å². The lowest BCUT2D eigenvalue weighted by molar-refractivity contribution is 0.471. The molecule has 0 radical (unpaired) electrons. The van der Waals surface area contributed by atoms with Crippen LogP contribution in [-0.2, 0) is 0 Å². The molecule has 2 aromatic heterocycles. The monoisotopic (exact) mass is 328 g/mol. The van der Waals surface area contributed by atoms with E-state index in [1.54, 1.807) is 24.8 Å². The maximum atomic E-state index is 10.8. The first-order valence-electron chi connectivity index (χ1n) is 7.97. The second-order valence-corrected chi connectivity index (χ2v) is 5.66. The molecule has 122 valence electrons. The normalized spacial score (nSPS) is 12.0. The van der Waals surface area contributed by atoms with Crippen LogP contribution in [0, 0.1) is 0 Å². The summed E-state index contributed by atoms with van der Waals surface area (Å²) < 4.78 is 0. The minimum Gasteiger partial charge on any atom is -0.505 e. The fourth-order valence-electron chi connectivity index (χ4n) is 2.89. The number of aromatic hydroxyl groups is 1. The van der Waals surface area contributed by atoms with Crippen LogP contribution in [0.3, 0.4) is 0 Å². The smallest absolute Gasteiger partial charge is 0.147 e. The first-order valence-corrected chi connectivity index (χ1v) is 7.97. The molecule has 0 spiro atoms. The maximum Gasteiger partial charge on any atom is 0.147 e. The Kier molecular flexibility index (Phi) is 3.96. The molecule has 0 bridgehead atoms. The predicted octanol–water partition coefficient (Wildman–Crippen LogP) is 3.93. The van der Waals surface area contributed by atoms with Gasteiger partial charge in [0, 0.05) is 29.5 Å². The van der Waals surface area contributed by atoms with Crippen molar-refractivity contribution in [2.24, 2.45) is 0 Å². The van der Waals surface area contributed by atoms with E-state index in [2.05, 4.69) is 20.3 Å². The number of phenolic OH excluding ortho intramolecular Hbond substituents is 1. The number of benzene rings is 2. The Bertz CT molecular complexity index is 990. The zero-order valence-corrected chi connectivity index (χ0v) is 13.4. The summed E-state index contributed by atoms with van der Waals surface area (Å²) in [6, 6.07) is 17.3. The summed E-state index contributed by atoms with van der Waals surface area (Å²) in [5.74, 6) is 0.806. The van der Waals surface area contributed by atoms with Gasteiger partial charge >= 0.3 is 0 Å². The van der Waals surface area contributed by atoms with E-state index >= 15 is 0 Å². The van der Waals surface area contributed by atoms with E-state index in [1.807, 2.05) is 54.6 Å². The number of phenols is 1. The number of fused-ring (bicyclic) bond motifs is 1. The van der Waals surface area contributed by atoms with Gasteiger partial charge in [0.1, 0.15) is 17.1 Å². The highest BCUT2D eigenvalue weighted by atomic mass is 16.3. The van der Waals surface area contributed by atoms with E-state index in [9.17, 15) is 5.11 Å². The summed E-state index contributed by atoms with van der Waals surface area (Å²) in [7, 11) is 0. The van der Waals surface area contributed by atoms with Crippen LogP contribution in [0.15, 0.2) is 79.4 Å². The summed E-state index contributed by atoms with van der Waals surface area (Å²) in [6.45, 7) is 0. The van der Waals surface area contributed by atoms with E-state index in [-0.39, 0.29) is 11.8 Å². The van der Waals surface area contributed by atoms with E-state index in [0.29, 0.717) is 11.3 Å². The van der Waals surface area contributed by atoms with Crippen molar-refractivity contribution in [3.63, 3.8) is 0 Å². The third-order valence-electron chi connectivity index (χ3n) is 4.08. The van der Waals surface area contributed by atoms with Crippen LogP contribution in [0.5, 0.6) is 5.75 Å². The molecule has 1 unspecified atom stereocenters. The summed E-state index contributed by atoms with van der Waals surface area (Å²) >= 11 is 0. The van der Waals surface area contributed by atoms with Gasteiger partial charge in [0.2, 0.25) is 0 Å². The molecule has 0 aliphatic heterocycles. The number of nitrogens with one attached hydrogen (secondary N) is 1. The average molecular weight is 328 g/mol. The lowest BCUT2D eigenvalue weighted by atomic mass is 9.96. The molecule has 4 aromatic rings.